The molecule has 1 heterocycles. The van der Waals surface area contributed by atoms with Gasteiger partial charge in [-0.1, -0.05) is 30.0 Å². The van der Waals surface area contributed by atoms with E-state index >= 15 is 0 Å². The summed E-state index contributed by atoms with van der Waals surface area (Å²) in [4.78, 5) is 10.8. The molecule has 3 rings (SSSR count). The third-order valence-corrected chi connectivity index (χ3v) is 5.36. The van der Waals surface area contributed by atoms with E-state index in [1.807, 2.05) is 34.9 Å². The highest BCUT2D eigenvalue weighted by molar-refractivity contribution is 7.98. The fraction of sp³-hybridized carbons (Fsp3) is 0.200. The maximum absolute atomic E-state index is 11.1. The van der Waals surface area contributed by atoms with E-state index in [0.29, 0.717) is 17.9 Å². The monoisotopic (exact) mass is 396 g/mol. The Bertz CT molecular complexity index is 999. The van der Waals surface area contributed by atoms with E-state index in [9.17, 15) is 10.1 Å². The maximum atomic E-state index is 11.1. The van der Waals surface area contributed by atoms with Crippen LogP contribution < -0.4 is 4.74 Å². The Kier molecular flexibility index (Phi) is 6.10. The van der Waals surface area contributed by atoms with Crippen LogP contribution in [0.1, 0.15) is 11.1 Å². The molecule has 0 aliphatic heterocycles. The molecule has 0 radical (unpaired) electrons. The van der Waals surface area contributed by atoms with Gasteiger partial charge in [-0.05, 0) is 36.8 Å². The summed E-state index contributed by atoms with van der Waals surface area (Å²) >= 11 is 1.49. The molecule has 0 saturated heterocycles. The Morgan fingerprint density at radius 3 is 2.64 bits per heavy atom. The summed E-state index contributed by atoms with van der Waals surface area (Å²) in [5, 5.41) is 20.5. The number of methoxy groups -OCH3 is 1. The topological polar surface area (TPSA) is 83.1 Å². The van der Waals surface area contributed by atoms with Gasteiger partial charge in [-0.3, -0.25) is 14.7 Å². The summed E-state index contributed by atoms with van der Waals surface area (Å²) in [5.41, 5.74) is 2.63. The number of rotatable bonds is 8. The van der Waals surface area contributed by atoms with Crippen molar-refractivity contribution in [3.63, 3.8) is 0 Å². The molecule has 0 aliphatic carbocycles. The molecule has 0 N–H and O–H groups in total. The first-order valence-electron chi connectivity index (χ1n) is 8.59. The van der Waals surface area contributed by atoms with Crippen LogP contribution in [0.25, 0.3) is 11.4 Å². The zero-order valence-electron chi connectivity index (χ0n) is 15.7. The van der Waals surface area contributed by atoms with E-state index in [-0.39, 0.29) is 10.6 Å². The average Bonchev–Trinajstić information content (AvgIpc) is 3.10. The Balaban J connectivity index is 1.87. The molecule has 0 amide bonds. The van der Waals surface area contributed by atoms with E-state index in [4.69, 9.17) is 4.74 Å². The number of thioether (sulfide) groups is 1. The van der Waals surface area contributed by atoms with Gasteiger partial charge in [0.15, 0.2) is 11.0 Å². The van der Waals surface area contributed by atoms with Crippen molar-refractivity contribution in [2.45, 2.75) is 24.4 Å². The van der Waals surface area contributed by atoms with Gasteiger partial charge in [-0.25, -0.2) is 0 Å². The first-order chi connectivity index (χ1) is 13.5. The zero-order chi connectivity index (χ0) is 20.1. The predicted molar refractivity (Wildman–Crippen MR) is 110 cm³/mol. The summed E-state index contributed by atoms with van der Waals surface area (Å²) in [7, 11) is 1.62. The lowest BCUT2D eigenvalue weighted by molar-refractivity contribution is -0.385. The number of nitro benzene ring substituents is 1. The first-order valence-corrected chi connectivity index (χ1v) is 9.58. The quantitative estimate of drug-likeness (QED) is 0.239. The Labute approximate surface area is 167 Å². The lowest BCUT2D eigenvalue weighted by atomic mass is 10.1. The van der Waals surface area contributed by atoms with Crippen molar-refractivity contribution >= 4 is 17.4 Å². The third-order valence-electron chi connectivity index (χ3n) is 4.35. The second kappa shape index (κ2) is 8.71. The molecule has 144 valence electrons. The number of hydrogen-bond acceptors (Lipinski definition) is 6. The molecule has 0 atom stereocenters. The highest BCUT2D eigenvalue weighted by atomic mass is 32.2. The van der Waals surface area contributed by atoms with Crippen molar-refractivity contribution in [3.8, 4) is 17.1 Å². The van der Waals surface area contributed by atoms with Gasteiger partial charge in [0.25, 0.3) is 5.69 Å². The summed E-state index contributed by atoms with van der Waals surface area (Å²) < 4.78 is 7.18. The van der Waals surface area contributed by atoms with Crippen LogP contribution in [-0.4, -0.2) is 26.8 Å². The molecule has 0 spiro atoms. The van der Waals surface area contributed by atoms with E-state index in [1.54, 1.807) is 26.2 Å². The van der Waals surface area contributed by atoms with Crippen LogP contribution >= 0.6 is 11.8 Å². The number of aromatic nitrogens is 3. The van der Waals surface area contributed by atoms with Crippen molar-refractivity contribution in [1.29, 1.82) is 0 Å². The Morgan fingerprint density at radius 1 is 1.25 bits per heavy atom. The zero-order valence-corrected chi connectivity index (χ0v) is 16.5. The molecule has 0 aliphatic rings. The van der Waals surface area contributed by atoms with Crippen molar-refractivity contribution in [2.75, 3.05) is 7.11 Å². The largest absolute Gasteiger partial charge is 0.497 e. The summed E-state index contributed by atoms with van der Waals surface area (Å²) in [6, 6.07) is 12.7. The van der Waals surface area contributed by atoms with E-state index in [2.05, 4.69) is 16.8 Å². The van der Waals surface area contributed by atoms with Crippen LogP contribution in [0.5, 0.6) is 5.75 Å². The van der Waals surface area contributed by atoms with Gasteiger partial charge in [-0.15, -0.1) is 16.8 Å². The lowest BCUT2D eigenvalue weighted by Crippen LogP contribution is -2.01. The number of nitrogens with zero attached hydrogens (tertiary/aromatic N) is 4. The van der Waals surface area contributed by atoms with Crippen molar-refractivity contribution in [3.05, 3.63) is 76.4 Å². The number of benzene rings is 2. The Hall–Kier alpha value is -3.13. The second-order valence-electron chi connectivity index (χ2n) is 6.04. The fourth-order valence-electron chi connectivity index (χ4n) is 2.81. The van der Waals surface area contributed by atoms with Crippen molar-refractivity contribution < 1.29 is 9.66 Å². The van der Waals surface area contributed by atoms with Gasteiger partial charge < -0.3 is 4.74 Å². The molecular weight excluding hydrogens is 376 g/mol. The summed E-state index contributed by atoms with van der Waals surface area (Å²) in [5.74, 6) is 2.07. The highest BCUT2D eigenvalue weighted by Crippen LogP contribution is 2.30. The average molecular weight is 396 g/mol. The normalized spacial score (nSPS) is 10.6. The molecule has 1 aromatic heterocycles. The standard InChI is InChI=1S/C20H20N4O3S/c1-4-12-23-19(15-8-10-17(27-3)11-9-15)21-22-20(23)28-13-16-6-5-7-18(14(16)2)24(25)26/h4-11H,1,12-13H2,2-3H3. The van der Waals surface area contributed by atoms with Gasteiger partial charge >= 0.3 is 0 Å². The number of allylic oxidation sites excluding steroid dienone is 1. The van der Waals surface area contributed by atoms with Crippen LogP contribution in [0, 0.1) is 17.0 Å². The smallest absolute Gasteiger partial charge is 0.272 e. The van der Waals surface area contributed by atoms with Crippen molar-refractivity contribution in [2.24, 2.45) is 0 Å². The molecule has 8 heteroatoms. The summed E-state index contributed by atoms with van der Waals surface area (Å²) in [6.07, 6.45) is 1.79. The summed E-state index contributed by atoms with van der Waals surface area (Å²) in [6.45, 7) is 6.15. The molecule has 28 heavy (non-hydrogen) atoms. The second-order valence-corrected chi connectivity index (χ2v) is 6.98. The van der Waals surface area contributed by atoms with Gasteiger partial charge in [0.2, 0.25) is 0 Å². The van der Waals surface area contributed by atoms with E-state index in [1.165, 1.54) is 17.8 Å². The lowest BCUT2D eigenvalue weighted by Gasteiger charge is -2.09. The molecule has 0 bridgehead atoms. The third kappa shape index (κ3) is 4.07. The minimum Gasteiger partial charge on any atom is -0.497 e. The number of nitro groups is 1. The maximum Gasteiger partial charge on any atom is 0.272 e. The van der Waals surface area contributed by atoms with E-state index < -0.39 is 0 Å². The molecule has 0 fully saturated rings. The van der Waals surface area contributed by atoms with Crippen molar-refractivity contribution in [1.82, 2.24) is 14.8 Å². The molecule has 3 aromatic rings. The van der Waals surface area contributed by atoms with Gasteiger partial charge in [-0.2, -0.15) is 0 Å². The predicted octanol–water partition coefficient (Wildman–Crippen LogP) is 4.65. The van der Waals surface area contributed by atoms with Crippen LogP contribution in [-0.2, 0) is 12.3 Å². The molecule has 0 unspecified atom stereocenters. The van der Waals surface area contributed by atoms with E-state index in [0.717, 1.165) is 27.9 Å². The van der Waals surface area contributed by atoms with Crippen LogP contribution in [0.4, 0.5) is 5.69 Å². The molecule has 0 saturated carbocycles. The molecule has 7 nitrogen and oxygen atoms in total. The minimum absolute atomic E-state index is 0.129. The number of ether oxygens (including phenoxy) is 1. The van der Waals surface area contributed by atoms with Gasteiger partial charge in [0.1, 0.15) is 5.75 Å². The first kappa shape index (κ1) is 19.6. The minimum atomic E-state index is -0.356. The van der Waals surface area contributed by atoms with Gasteiger partial charge in [0.05, 0.1) is 12.0 Å². The SMILES string of the molecule is C=CCn1c(SCc2cccc([N+](=O)[O-])c2C)nnc1-c1ccc(OC)cc1. The highest BCUT2D eigenvalue weighted by Gasteiger charge is 2.17. The molecule has 2 aromatic carbocycles. The van der Waals surface area contributed by atoms with Crippen LogP contribution in [0.15, 0.2) is 60.3 Å². The molecular formula is C20H20N4O3S. The Morgan fingerprint density at radius 2 is 2.00 bits per heavy atom. The number of hydrogen-bond donors (Lipinski definition) is 0. The van der Waals surface area contributed by atoms with Crippen LogP contribution in [0.3, 0.4) is 0 Å². The fourth-order valence-corrected chi connectivity index (χ4v) is 3.82. The van der Waals surface area contributed by atoms with Gasteiger partial charge in [0, 0.05) is 29.5 Å². The van der Waals surface area contributed by atoms with Crippen LogP contribution in [0.2, 0.25) is 0 Å².